The number of carbonyl (C=O) groups excluding carboxylic acids is 2. The summed E-state index contributed by atoms with van der Waals surface area (Å²) >= 11 is 0. The standard InChI is InChI=1S/C23H21FN2O4S/c24-20-12-8-17(9-13-20)14-25-23(28)19-10-6-18(7-11-19)15-31(29,30)16-22(27)26-21-4-2-1-3-5-21/h1-13H,14-16H2,(H,25,28)(H,26,27). The second-order valence-electron chi connectivity index (χ2n) is 6.95. The summed E-state index contributed by atoms with van der Waals surface area (Å²) in [7, 11) is -3.68. The van der Waals surface area contributed by atoms with Crippen LogP contribution in [-0.2, 0) is 26.9 Å². The Morgan fingerprint density at radius 2 is 1.42 bits per heavy atom. The molecule has 0 bridgehead atoms. The van der Waals surface area contributed by atoms with Gasteiger partial charge in [0.05, 0.1) is 5.75 Å². The molecule has 0 aliphatic rings. The Bertz CT molecular complexity index is 1150. The molecule has 0 aliphatic heterocycles. The number of nitrogens with one attached hydrogen (secondary N) is 2. The van der Waals surface area contributed by atoms with Gasteiger partial charge in [-0.05, 0) is 47.5 Å². The van der Waals surface area contributed by atoms with Gasteiger partial charge in [-0.25, -0.2) is 12.8 Å². The lowest BCUT2D eigenvalue weighted by atomic mass is 10.1. The Labute approximate surface area is 180 Å². The fraction of sp³-hybridized carbons (Fsp3) is 0.130. The maximum absolute atomic E-state index is 12.9. The predicted molar refractivity (Wildman–Crippen MR) is 117 cm³/mol. The van der Waals surface area contributed by atoms with Crippen molar-refractivity contribution in [1.29, 1.82) is 0 Å². The maximum atomic E-state index is 12.9. The van der Waals surface area contributed by atoms with Gasteiger partial charge in [-0.3, -0.25) is 9.59 Å². The number of benzene rings is 3. The van der Waals surface area contributed by atoms with Crippen LogP contribution in [-0.4, -0.2) is 26.0 Å². The highest BCUT2D eigenvalue weighted by molar-refractivity contribution is 7.91. The summed E-state index contributed by atoms with van der Waals surface area (Å²) in [4.78, 5) is 24.2. The van der Waals surface area contributed by atoms with Crippen LogP contribution in [0, 0.1) is 5.82 Å². The van der Waals surface area contributed by atoms with Gasteiger partial charge in [0.2, 0.25) is 5.91 Å². The van der Waals surface area contributed by atoms with E-state index in [4.69, 9.17) is 0 Å². The van der Waals surface area contributed by atoms with E-state index in [-0.39, 0.29) is 24.0 Å². The zero-order chi connectivity index (χ0) is 22.3. The minimum atomic E-state index is -3.68. The molecule has 0 unspecified atom stereocenters. The molecule has 0 saturated heterocycles. The minimum absolute atomic E-state index is 0.242. The highest BCUT2D eigenvalue weighted by atomic mass is 32.2. The average molecular weight is 440 g/mol. The quantitative estimate of drug-likeness (QED) is 0.562. The van der Waals surface area contributed by atoms with Crippen LogP contribution >= 0.6 is 0 Å². The number of amides is 2. The van der Waals surface area contributed by atoms with Crippen molar-refractivity contribution in [3.63, 3.8) is 0 Å². The summed E-state index contributed by atoms with van der Waals surface area (Å²) in [6.07, 6.45) is 0. The molecule has 0 fully saturated rings. The number of rotatable bonds is 8. The smallest absolute Gasteiger partial charge is 0.251 e. The van der Waals surface area contributed by atoms with Gasteiger partial charge in [0.1, 0.15) is 11.6 Å². The number of para-hydroxylation sites is 1. The SMILES string of the molecule is O=C(CS(=O)(=O)Cc1ccc(C(=O)NCc2ccc(F)cc2)cc1)Nc1ccccc1. The number of carbonyl (C=O) groups is 2. The van der Waals surface area contributed by atoms with Gasteiger partial charge in [-0.2, -0.15) is 0 Å². The zero-order valence-electron chi connectivity index (χ0n) is 16.5. The first-order valence-corrected chi connectivity index (χ1v) is 11.3. The lowest BCUT2D eigenvalue weighted by molar-refractivity contribution is -0.113. The summed E-state index contributed by atoms with van der Waals surface area (Å²) in [6, 6.07) is 20.5. The van der Waals surface area contributed by atoms with Crippen molar-refractivity contribution in [3.8, 4) is 0 Å². The molecule has 0 radical (unpaired) electrons. The van der Waals surface area contributed by atoms with Gasteiger partial charge in [-0.15, -0.1) is 0 Å². The first-order chi connectivity index (χ1) is 14.8. The van der Waals surface area contributed by atoms with Crippen molar-refractivity contribution in [2.24, 2.45) is 0 Å². The Balaban J connectivity index is 1.53. The van der Waals surface area contributed by atoms with Crippen LogP contribution in [0.4, 0.5) is 10.1 Å². The first-order valence-electron chi connectivity index (χ1n) is 9.48. The maximum Gasteiger partial charge on any atom is 0.251 e. The van der Waals surface area contributed by atoms with Crippen molar-refractivity contribution in [3.05, 3.63) is 101 Å². The first kappa shape index (κ1) is 22.2. The number of hydrogen-bond acceptors (Lipinski definition) is 4. The van der Waals surface area contributed by atoms with Gasteiger partial charge < -0.3 is 10.6 Å². The monoisotopic (exact) mass is 440 g/mol. The molecule has 2 N–H and O–H groups in total. The minimum Gasteiger partial charge on any atom is -0.348 e. The van der Waals surface area contributed by atoms with Crippen molar-refractivity contribution >= 4 is 27.3 Å². The second-order valence-corrected chi connectivity index (χ2v) is 9.02. The van der Waals surface area contributed by atoms with Gasteiger partial charge in [0.25, 0.3) is 5.91 Å². The molecule has 8 heteroatoms. The van der Waals surface area contributed by atoms with E-state index in [2.05, 4.69) is 10.6 Å². The van der Waals surface area contributed by atoms with Crippen LogP contribution in [0.2, 0.25) is 0 Å². The molecule has 31 heavy (non-hydrogen) atoms. The van der Waals surface area contributed by atoms with Crippen molar-refractivity contribution in [2.75, 3.05) is 11.1 Å². The molecule has 2 amide bonds. The molecule has 0 spiro atoms. The molecule has 160 valence electrons. The summed E-state index contributed by atoms with van der Waals surface area (Å²) in [5.74, 6) is -2.24. The summed E-state index contributed by atoms with van der Waals surface area (Å²) in [5, 5.41) is 5.27. The summed E-state index contributed by atoms with van der Waals surface area (Å²) in [6.45, 7) is 0.242. The Hall–Kier alpha value is -3.52. The topological polar surface area (TPSA) is 92.3 Å². The van der Waals surface area contributed by atoms with E-state index >= 15 is 0 Å². The molecule has 0 heterocycles. The molecule has 0 atom stereocenters. The fourth-order valence-electron chi connectivity index (χ4n) is 2.86. The third-order valence-electron chi connectivity index (χ3n) is 4.38. The van der Waals surface area contributed by atoms with Crippen molar-refractivity contribution < 1.29 is 22.4 Å². The lowest BCUT2D eigenvalue weighted by Crippen LogP contribution is -2.24. The van der Waals surface area contributed by atoms with Crippen LogP contribution in [0.1, 0.15) is 21.5 Å². The summed E-state index contributed by atoms with van der Waals surface area (Å²) in [5.41, 5.74) is 2.12. The fourth-order valence-corrected chi connectivity index (χ4v) is 4.14. The molecule has 3 rings (SSSR count). The molecular formula is C23H21FN2O4S. The number of hydrogen-bond donors (Lipinski definition) is 2. The van der Waals surface area contributed by atoms with Gasteiger partial charge in [0, 0.05) is 17.8 Å². The molecule has 3 aromatic rings. The molecule has 0 saturated carbocycles. The average Bonchev–Trinajstić information content (AvgIpc) is 2.73. The Morgan fingerprint density at radius 1 is 0.806 bits per heavy atom. The normalized spacial score (nSPS) is 11.0. The van der Waals surface area contributed by atoms with Gasteiger partial charge in [0.15, 0.2) is 9.84 Å². The highest BCUT2D eigenvalue weighted by Crippen LogP contribution is 2.11. The van der Waals surface area contributed by atoms with E-state index in [0.29, 0.717) is 16.8 Å². The van der Waals surface area contributed by atoms with E-state index in [9.17, 15) is 22.4 Å². The molecule has 0 aromatic heterocycles. The van der Waals surface area contributed by atoms with Crippen LogP contribution in [0.3, 0.4) is 0 Å². The molecule has 3 aromatic carbocycles. The third kappa shape index (κ3) is 7.04. The predicted octanol–water partition coefficient (Wildman–Crippen LogP) is 3.31. The highest BCUT2D eigenvalue weighted by Gasteiger charge is 2.18. The Morgan fingerprint density at radius 3 is 2.06 bits per heavy atom. The van der Waals surface area contributed by atoms with E-state index in [1.165, 1.54) is 24.3 Å². The van der Waals surface area contributed by atoms with E-state index in [0.717, 1.165) is 5.56 Å². The number of anilines is 1. The van der Waals surface area contributed by atoms with Gasteiger partial charge >= 0.3 is 0 Å². The van der Waals surface area contributed by atoms with Crippen molar-refractivity contribution in [2.45, 2.75) is 12.3 Å². The van der Waals surface area contributed by atoms with Crippen LogP contribution < -0.4 is 10.6 Å². The molecule has 6 nitrogen and oxygen atoms in total. The van der Waals surface area contributed by atoms with E-state index in [1.54, 1.807) is 54.6 Å². The zero-order valence-corrected chi connectivity index (χ0v) is 17.4. The third-order valence-corrected chi connectivity index (χ3v) is 5.85. The largest absolute Gasteiger partial charge is 0.348 e. The molecule has 0 aliphatic carbocycles. The number of sulfone groups is 1. The lowest BCUT2D eigenvalue weighted by Gasteiger charge is -2.08. The van der Waals surface area contributed by atoms with Crippen LogP contribution in [0.15, 0.2) is 78.9 Å². The second kappa shape index (κ2) is 9.99. The van der Waals surface area contributed by atoms with Crippen LogP contribution in [0.5, 0.6) is 0 Å². The van der Waals surface area contributed by atoms with Crippen LogP contribution in [0.25, 0.3) is 0 Å². The van der Waals surface area contributed by atoms with Crippen molar-refractivity contribution in [1.82, 2.24) is 5.32 Å². The van der Waals surface area contributed by atoms with E-state index in [1.807, 2.05) is 0 Å². The number of halogens is 1. The molecular weight excluding hydrogens is 419 g/mol. The Kier molecular flexibility index (Phi) is 7.15. The van der Waals surface area contributed by atoms with Gasteiger partial charge in [-0.1, -0.05) is 42.5 Å². The van der Waals surface area contributed by atoms with E-state index < -0.39 is 21.5 Å². The summed E-state index contributed by atoms with van der Waals surface area (Å²) < 4.78 is 37.6.